The van der Waals surface area contributed by atoms with Crippen molar-refractivity contribution in [1.29, 1.82) is 0 Å². The normalized spacial score (nSPS) is 17.3. The molecule has 1 aliphatic rings. The second kappa shape index (κ2) is 6.96. The van der Waals surface area contributed by atoms with Gasteiger partial charge >= 0.3 is 0 Å². The number of benzene rings is 1. The second-order valence-electron chi connectivity index (χ2n) is 6.16. The van der Waals surface area contributed by atoms with Crippen molar-refractivity contribution in [1.82, 2.24) is 9.97 Å². The molecule has 1 aromatic carbocycles. The standard InChI is InChI=1S/C18H24N4O/c1-12-6-7-15(9-13(12)2)21-17-10-14(3)20-18(22-17)19-11-16-5-4-8-23-16/h6-7,9-10,16H,4-5,8,11H2,1-3H3,(H2,19,20,21,22). The van der Waals surface area contributed by atoms with Crippen LogP contribution in [0.2, 0.25) is 0 Å². The molecule has 0 bridgehead atoms. The van der Waals surface area contributed by atoms with Gasteiger partial charge in [0.05, 0.1) is 6.10 Å². The highest BCUT2D eigenvalue weighted by Crippen LogP contribution is 2.20. The first-order valence-electron chi connectivity index (χ1n) is 8.15. The molecule has 1 aliphatic heterocycles. The first-order chi connectivity index (χ1) is 11.1. The summed E-state index contributed by atoms with van der Waals surface area (Å²) in [6.45, 7) is 7.82. The van der Waals surface area contributed by atoms with Crippen molar-refractivity contribution >= 4 is 17.5 Å². The first kappa shape index (κ1) is 15.7. The molecule has 0 aliphatic carbocycles. The molecular formula is C18H24N4O. The van der Waals surface area contributed by atoms with Gasteiger partial charge in [-0.3, -0.25) is 0 Å². The third-order valence-electron chi connectivity index (χ3n) is 4.15. The van der Waals surface area contributed by atoms with Gasteiger partial charge in [0.15, 0.2) is 0 Å². The molecular weight excluding hydrogens is 288 g/mol. The van der Waals surface area contributed by atoms with E-state index in [1.54, 1.807) is 0 Å². The van der Waals surface area contributed by atoms with Crippen LogP contribution in [0.1, 0.15) is 29.7 Å². The van der Waals surface area contributed by atoms with Gasteiger partial charge in [-0.05, 0) is 56.9 Å². The van der Waals surface area contributed by atoms with E-state index in [2.05, 4.69) is 52.6 Å². The van der Waals surface area contributed by atoms with Crippen LogP contribution in [-0.4, -0.2) is 29.2 Å². The molecule has 1 saturated heterocycles. The van der Waals surface area contributed by atoms with E-state index in [4.69, 9.17) is 4.74 Å². The number of nitrogens with zero attached hydrogens (tertiary/aromatic N) is 2. The average Bonchev–Trinajstić information content (AvgIpc) is 3.02. The van der Waals surface area contributed by atoms with Crippen LogP contribution in [0.3, 0.4) is 0 Å². The SMILES string of the molecule is Cc1cc(Nc2ccc(C)c(C)c2)nc(NCC2CCCO2)n1. The lowest BCUT2D eigenvalue weighted by Gasteiger charge is -2.13. The average molecular weight is 312 g/mol. The van der Waals surface area contributed by atoms with Crippen LogP contribution in [0, 0.1) is 20.8 Å². The number of hydrogen-bond donors (Lipinski definition) is 2. The van der Waals surface area contributed by atoms with Crippen LogP contribution in [0.25, 0.3) is 0 Å². The molecule has 23 heavy (non-hydrogen) atoms. The highest BCUT2D eigenvalue weighted by Gasteiger charge is 2.15. The van der Waals surface area contributed by atoms with Crippen molar-refractivity contribution in [3.05, 3.63) is 41.1 Å². The molecule has 5 heteroatoms. The summed E-state index contributed by atoms with van der Waals surface area (Å²) >= 11 is 0. The zero-order valence-electron chi connectivity index (χ0n) is 14.0. The lowest BCUT2D eigenvalue weighted by molar-refractivity contribution is 0.120. The summed E-state index contributed by atoms with van der Waals surface area (Å²) in [4.78, 5) is 9.00. The van der Waals surface area contributed by atoms with Gasteiger partial charge in [0, 0.05) is 30.6 Å². The maximum atomic E-state index is 5.62. The second-order valence-corrected chi connectivity index (χ2v) is 6.16. The van der Waals surface area contributed by atoms with E-state index >= 15 is 0 Å². The van der Waals surface area contributed by atoms with E-state index in [1.807, 2.05) is 13.0 Å². The minimum absolute atomic E-state index is 0.273. The minimum atomic E-state index is 0.273. The Bertz CT molecular complexity index is 681. The van der Waals surface area contributed by atoms with Gasteiger partial charge in [0.2, 0.25) is 5.95 Å². The molecule has 2 N–H and O–H groups in total. The lowest BCUT2D eigenvalue weighted by Crippen LogP contribution is -2.20. The Labute approximate surface area is 137 Å². The maximum Gasteiger partial charge on any atom is 0.224 e. The van der Waals surface area contributed by atoms with E-state index in [9.17, 15) is 0 Å². The molecule has 0 amide bonds. The number of ether oxygens (including phenoxy) is 1. The van der Waals surface area contributed by atoms with E-state index in [0.29, 0.717) is 5.95 Å². The molecule has 2 aromatic rings. The summed E-state index contributed by atoms with van der Waals surface area (Å²) in [7, 11) is 0. The highest BCUT2D eigenvalue weighted by atomic mass is 16.5. The zero-order valence-corrected chi connectivity index (χ0v) is 14.0. The molecule has 1 fully saturated rings. The van der Waals surface area contributed by atoms with Crippen molar-refractivity contribution in [2.75, 3.05) is 23.8 Å². The first-order valence-corrected chi connectivity index (χ1v) is 8.15. The summed E-state index contributed by atoms with van der Waals surface area (Å²) in [5.41, 5.74) is 4.52. The van der Waals surface area contributed by atoms with Gasteiger partial charge < -0.3 is 15.4 Å². The van der Waals surface area contributed by atoms with E-state index in [-0.39, 0.29) is 6.10 Å². The molecule has 3 rings (SSSR count). The number of hydrogen-bond acceptors (Lipinski definition) is 5. The highest BCUT2D eigenvalue weighted by molar-refractivity contribution is 5.59. The third-order valence-corrected chi connectivity index (χ3v) is 4.15. The fraction of sp³-hybridized carbons (Fsp3) is 0.444. The van der Waals surface area contributed by atoms with Crippen molar-refractivity contribution in [2.24, 2.45) is 0 Å². The molecule has 122 valence electrons. The Kier molecular flexibility index (Phi) is 4.76. The summed E-state index contributed by atoms with van der Waals surface area (Å²) in [6, 6.07) is 8.26. The van der Waals surface area contributed by atoms with Gasteiger partial charge in [0.25, 0.3) is 0 Å². The molecule has 0 spiro atoms. The molecule has 1 atom stereocenters. The van der Waals surface area contributed by atoms with Crippen molar-refractivity contribution < 1.29 is 4.74 Å². The lowest BCUT2D eigenvalue weighted by atomic mass is 10.1. The van der Waals surface area contributed by atoms with Gasteiger partial charge in [-0.2, -0.15) is 4.98 Å². The van der Waals surface area contributed by atoms with Gasteiger partial charge in [-0.25, -0.2) is 4.98 Å². The molecule has 0 radical (unpaired) electrons. The number of aryl methyl sites for hydroxylation is 3. The zero-order chi connectivity index (χ0) is 16.2. The van der Waals surface area contributed by atoms with Crippen molar-refractivity contribution in [2.45, 2.75) is 39.7 Å². The number of anilines is 3. The molecule has 1 unspecified atom stereocenters. The Morgan fingerprint density at radius 1 is 1.13 bits per heavy atom. The number of aromatic nitrogens is 2. The molecule has 5 nitrogen and oxygen atoms in total. The smallest absolute Gasteiger partial charge is 0.224 e. The van der Waals surface area contributed by atoms with Crippen LogP contribution < -0.4 is 10.6 Å². The van der Waals surface area contributed by atoms with Crippen molar-refractivity contribution in [3.8, 4) is 0 Å². The van der Waals surface area contributed by atoms with E-state index < -0.39 is 0 Å². The predicted molar refractivity (Wildman–Crippen MR) is 93.4 cm³/mol. The van der Waals surface area contributed by atoms with Crippen LogP contribution in [-0.2, 0) is 4.74 Å². The molecule has 0 saturated carbocycles. The summed E-state index contributed by atoms with van der Waals surface area (Å²) < 4.78 is 5.62. The largest absolute Gasteiger partial charge is 0.376 e. The third kappa shape index (κ3) is 4.20. The van der Waals surface area contributed by atoms with Gasteiger partial charge in [-0.15, -0.1) is 0 Å². The number of rotatable bonds is 5. The van der Waals surface area contributed by atoms with E-state index in [0.717, 1.165) is 43.2 Å². The quantitative estimate of drug-likeness (QED) is 0.881. The summed E-state index contributed by atoms with van der Waals surface area (Å²) in [5, 5.41) is 6.65. The van der Waals surface area contributed by atoms with Gasteiger partial charge in [-0.1, -0.05) is 6.07 Å². The molecule has 2 heterocycles. The maximum absolute atomic E-state index is 5.62. The number of nitrogens with one attached hydrogen (secondary N) is 2. The fourth-order valence-electron chi connectivity index (χ4n) is 2.69. The summed E-state index contributed by atoms with van der Waals surface area (Å²) in [5.74, 6) is 1.45. The fourth-order valence-corrected chi connectivity index (χ4v) is 2.69. The molecule has 1 aromatic heterocycles. The van der Waals surface area contributed by atoms with Crippen LogP contribution in [0.4, 0.5) is 17.5 Å². The monoisotopic (exact) mass is 312 g/mol. The van der Waals surface area contributed by atoms with E-state index in [1.165, 1.54) is 11.1 Å². The van der Waals surface area contributed by atoms with Gasteiger partial charge in [0.1, 0.15) is 5.82 Å². The Morgan fingerprint density at radius 2 is 2.00 bits per heavy atom. The Balaban J connectivity index is 1.70. The minimum Gasteiger partial charge on any atom is -0.376 e. The predicted octanol–water partition coefficient (Wildman–Crippen LogP) is 3.74. The Morgan fingerprint density at radius 3 is 2.74 bits per heavy atom. The van der Waals surface area contributed by atoms with Crippen LogP contribution in [0.15, 0.2) is 24.3 Å². The summed E-state index contributed by atoms with van der Waals surface area (Å²) in [6.07, 6.45) is 2.52. The van der Waals surface area contributed by atoms with Crippen LogP contribution >= 0.6 is 0 Å². The topological polar surface area (TPSA) is 59.1 Å². The van der Waals surface area contributed by atoms with Crippen LogP contribution in [0.5, 0.6) is 0 Å². The Hall–Kier alpha value is -2.14. The van der Waals surface area contributed by atoms with Crippen molar-refractivity contribution in [3.63, 3.8) is 0 Å².